The molecule has 1 aromatic carbocycles. The van der Waals surface area contributed by atoms with Gasteiger partial charge in [-0.2, -0.15) is 5.26 Å². The van der Waals surface area contributed by atoms with Crippen LogP contribution in [0.2, 0.25) is 0 Å². The van der Waals surface area contributed by atoms with Crippen molar-refractivity contribution in [2.75, 3.05) is 18.4 Å². The van der Waals surface area contributed by atoms with Crippen molar-refractivity contribution >= 4 is 11.6 Å². The van der Waals surface area contributed by atoms with E-state index in [-0.39, 0.29) is 11.9 Å². The van der Waals surface area contributed by atoms with Gasteiger partial charge in [0.2, 0.25) is 0 Å². The fraction of sp³-hybridized carbons (Fsp3) is 0.529. The summed E-state index contributed by atoms with van der Waals surface area (Å²) in [6.45, 7) is 9.42. The predicted molar refractivity (Wildman–Crippen MR) is 86.4 cm³/mol. The van der Waals surface area contributed by atoms with Crippen LogP contribution in [0.4, 0.5) is 5.69 Å². The minimum atomic E-state index is -0.000193. The molecule has 114 valence electrons. The van der Waals surface area contributed by atoms with Crippen molar-refractivity contribution in [1.82, 2.24) is 4.90 Å². The first-order chi connectivity index (χ1) is 10.0. The number of hydrogen-bond acceptors (Lipinski definition) is 3. The van der Waals surface area contributed by atoms with Crippen LogP contribution < -0.4 is 5.32 Å². The van der Waals surface area contributed by atoms with Gasteiger partial charge in [-0.25, -0.2) is 0 Å². The number of rotatable bonds is 7. The van der Waals surface area contributed by atoms with Crippen molar-refractivity contribution in [1.29, 1.82) is 5.26 Å². The molecule has 0 aromatic heterocycles. The minimum absolute atomic E-state index is 0.000193. The van der Waals surface area contributed by atoms with E-state index in [2.05, 4.69) is 18.3 Å². The van der Waals surface area contributed by atoms with Crippen LogP contribution in [0.5, 0.6) is 0 Å². The summed E-state index contributed by atoms with van der Waals surface area (Å²) in [7, 11) is 0. The normalized spacial score (nSPS) is 10.3. The zero-order chi connectivity index (χ0) is 15.8. The lowest BCUT2D eigenvalue weighted by atomic mass is 10.1. The molecule has 21 heavy (non-hydrogen) atoms. The SMILES string of the molecule is CCCNc1ccc(C(=O)N(CCC#N)C(C)C)c(C)c1. The Morgan fingerprint density at radius 3 is 2.67 bits per heavy atom. The number of benzene rings is 1. The van der Waals surface area contributed by atoms with Gasteiger partial charge in [0.15, 0.2) is 0 Å². The van der Waals surface area contributed by atoms with Crippen LogP contribution in [-0.2, 0) is 0 Å². The first-order valence-electron chi connectivity index (χ1n) is 7.53. The molecule has 1 amide bonds. The second kappa shape index (κ2) is 8.31. The van der Waals surface area contributed by atoms with Gasteiger partial charge in [0.25, 0.3) is 5.91 Å². The first kappa shape index (κ1) is 17.0. The molecule has 0 atom stereocenters. The van der Waals surface area contributed by atoms with Crippen LogP contribution in [0.3, 0.4) is 0 Å². The molecule has 0 bridgehead atoms. The van der Waals surface area contributed by atoms with Crippen LogP contribution in [-0.4, -0.2) is 29.9 Å². The fourth-order valence-electron chi connectivity index (χ4n) is 2.20. The van der Waals surface area contributed by atoms with Gasteiger partial charge >= 0.3 is 0 Å². The second-order valence-corrected chi connectivity index (χ2v) is 5.46. The quantitative estimate of drug-likeness (QED) is 0.834. The van der Waals surface area contributed by atoms with Crippen LogP contribution in [0.25, 0.3) is 0 Å². The standard InChI is InChI=1S/C17H25N3O/c1-5-10-19-15-7-8-16(14(4)12-15)17(21)20(13(2)3)11-6-9-18/h7-8,12-13,19H,5-6,10-11H2,1-4H3. The Bertz CT molecular complexity index is 517. The molecule has 0 aliphatic heterocycles. The number of hydrogen-bond donors (Lipinski definition) is 1. The molecule has 1 rings (SSSR count). The third kappa shape index (κ3) is 4.78. The van der Waals surface area contributed by atoms with Crippen molar-refractivity contribution < 1.29 is 4.79 Å². The van der Waals surface area contributed by atoms with E-state index in [1.807, 2.05) is 39.0 Å². The highest BCUT2D eigenvalue weighted by Gasteiger charge is 2.20. The highest BCUT2D eigenvalue weighted by Crippen LogP contribution is 2.18. The molecule has 4 nitrogen and oxygen atoms in total. The average Bonchev–Trinajstić information content (AvgIpc) is 2.45. The second-order valence-electron chi connectivity index (χ2n) is 5.46. The van der Waals surface area contributed by atoms with Gasteiger partial charge in [-0.3, -0.25) is 4.79 Å². The molecule has 1 aromatic rings. The van der Waals surface area contributed by atoms with E-state index in [0.29, 0.717) is 18.5 Å². The Balaban J connectivity index is 2.92. The molecule has 0 saturated heterocycles. The molecule has 0 saturated carbocycles. The summed E-state index contributed by atoms with van der Waals surface area (Å²) in [5.41, 5.74) is 2.71. The summed E-state index contributed by atoms with van der Waals surface area (Å²) in [5.74, 6) is -0.000193. The maximum atomic E-state index is 12.6. The number of nitrogens with zero attached hydrogens (tertiary/aromatic N) is 2. The lowest BCUT2D eigenvalue weighted by molar-refractivity contribution is 0.0709. The number of amides is 1. The van der Waals surface area contributed by atoms with Crippen LogP contribution in [0.15, 0.2) is 18.2 Å². The van der Waals surface area contributed by atoms with Gasteiger partial charge in [0.05, 0.1) is 12.5 Å². The van der Waals surface area contributed by atoms with Crippen LogP contribution in [0.1, 0.15) is 49.5 Å². The summed E-state index contributed by atoms with van der Waals surface area (Å²) in [4.78, 5) is 14.4. The lowest BCUT2D eigenvalue weighted by Gasteiger charge is -2.26. The number of nitriles is 1. The summed E-state index contributed by atoms with van der Waals surface area (Å²) in [6.07, 6.45) is 1.42. The maximum absolute atomic E-state index is 12.6. The zero-order valence-electron chi connectivity index (χ0n) is 13.4. The minimum Gasteiger partial charge on any atom is -0.385 e. The summed E-state index contributed by atoms with van der Waals surface area (Å²) in [5, 5.41) is 12.0. The summed E-state index contributed by atoms with van der Waals surface area (Å²) >= 11 is 0. The number of aryl methyl sites for hydroxylation is 1. The molecular weight excluding hydrogens is 262 g/mol. The van der Waals surface area contributed by atoms with Crippen molar-refractivity contribution in [2.45, 2.75) is 46.6 Å². The Hall–Kier alpha value is -2.02. The van der Waals surface area contributed by atoms with Crippen LogP contribution in [0, 0.1) is 18.3 Å². The predicted octanol–water partition coefficient (Wildman–Crippen LogP) is 3.58. The number of carbonyl (C=O) groups is 1. The molecule has 0 heterocycles. The Kier molecular flexibility index (Phi) is 6.74. The van der Waals surface area contributed by atoms with Crippen LogP contribution >= 0.6 is 0 Å². The molecule has 0 unspecified atom stereocenters. The zero-order valence-corrected chi connectivity index (χ0v) is 13.4. The van der Waals surface area contributed by atoms with Gasteiger partial charge in [-0.1, -0.05) is 6.92 Å². The molecule has 0 spiro atoms. The van der Waals surface area contributed by atoms with E-state index >= 15 is 0 Å². The largest absolute Gasteiger partial charge is 0.385 e. The highest BCUT2D eigenvalue weighted by atomic mass is 16.2. The molecule has 0 aliphatic carbocycles. The van der Waals surface area contributed by atoms with E-state index in [1.54, 1.807) is 4.90 Å². The topological polar surface area (TPSA) is 56.1 Å². The van der Waals surface area contributed by atoms with Gasteiger partial charge in [0, 0.05) is 30.4 Å². The monoisotopic (exact) mass is 287 g/mol. The summed E-state index contributed by atoms with van der Waals surface area (Å²) < 4.78 is 0. The van der Waals surface area contributed by atoms with Crippen molar-refractivity contribution in [3.8, 4) is 6.07 Å². The van der Waals surface area contributed by atoms with E-state index < -0.39 is 0 Å². The average molecular weight is 287 g/mol. The van der Waals surface area contributed by atoms with Crippen molar-refractivity contribution in [3.63, 3.8) is 0 Å². The maximum Gasteiger partial charge on any atom is 0.254 e. The third-order valence-corrected chi connectivity index (χ3v) is 3.38. The molecule has 1 N–H and O–H groups in total. The molecule has 0 aliphatic rings. The smallest absolute Gasteiger partial charge is 0.254 e. The van der Waals surface area contributed by atoms with Crippen molar-refractivity contribution in [3.05, 3.63) is 29.3 Å². The van der Waals surface area contributed by atoms with Gasteiger partial charge in [-0.15, -0.1) is 0 Å². The first-order valence-corrected chi connectivity index (χ1v) is 7.53. The number of carbonyl (C=O) groups excluding carboxylic acids is 1. The van der Waals surface area contributed by atoms with E-state index in [1.165, 1.54) is 0 Å². The number of anilines is 1. The van der Waals surface area contributed by atoms with Gasteiger partial charge < -0.3 is 10.2 Å². The van der Waals surface area contributed by atoms with E-state index in [9.17, 15) is 4.79 Å². The molecule has 0 fully saturated rings. The van der Waals surface area contributed by atoms with Gasteiger partial charge in [0.1, 0.15) is 0 Å². The lowest BCUT2D eigenvalue weighted by Crippen LogP contribution is -2.38. The Morgan fingerprint density at radius 1 is 1.43 bits per heavy atom. The Labute approximate surface area is 127 Å². The van der Waals surface area contributed by atoms with E-state index in [4.69, 9.17) is 5.26 Å². The third-order valence-electron chi connectivity index (χ3n) is 3.38. The number of nitrogens with one attached hydrogen (secondary N) is 1. The Morgan fingerprint density at radius 2 is 2.14 bits per heavy atom. The van der Waals surface area contributed by atoms with Gasteiger partial charge in [-0.05, 0) is 51.0 Å². The molecule has 4 heteroatoms. The highest BCUT2D eigenvalue weighted by molar-refractivity contribution is 5.96. The summed E-state index contributed by atoms with van der Waals surface area (Å²) in [6, 6.07) is 8.01. The molecule has 0 radical (unpaired) electrons. The van der Waals surface area contributed by atoms with Crippen molar-refractivity contribution in [2.24, 2.45) is 0 Å². The fourth-order valence-corrected chi connectivity index (χ4v) is 2.20. The van der Waals surface area contributed by atoms with E-state index in [0.717, 1.165) is 24.2 Å². The molecular formula is C17H25N3O.